The van der Waals surface area contributed by atoms with Crippen LogP contribution >= 0.6 is 23.4 Å². The number of nitrogens with zero attached hydrogens (tertiary/aromatic N) is 2. The predicted molar refractivity (Wildman–Crippen MR) is 128 cm³/mol. The first-order chi connectivity index (χ1) is 15.0. The Morgan fingerprint density at radius 1 is 1.39 bits per heavy atom. The second-order valence-corrected chi connectivity index (χ2v) is 9.66. The molecule has 1 aromatic carbocycles. The number of rotatable bonds is 5. The van der Waals surface area contributed by atoms with Crippen molar-refractivity contribution in [2.45, 2.75) is 37.5 Å². The molecule has 2 unspecified atom stereocenters. The number of hydrogen-bond acceptors (Lipinski definition) is 4. The monoisotopic (exact) mass is 455 g/mol. The fourth-order valence-electron chi connectivity index (χ4n) is 4.02. The average Bonchev–Trinajstić information content (AvgIpc) is 2.75. The lowest BCUT2D eigenvalue weighted by Crippen LogP contribution is -2.42. The summed E-state index contributed by atoms with van der Waals surface area (Å²) in [6.45, 7) is 4.82. The van der Waals surface area contributed by atoms with Gasteiger partial charge in [0.05, 0.1) is 15.9 Å². The summed E-state index contributed by atoms with van der Waals surface area (Å²) >= 11 is 7.48. The Labute approximate surface area is 192 Å². The molecule has 3 aliphatic rings. The number of piperidine rings is 1. The van der Waals surface area contributed by atoms with E-state index in [1.807, 2.05) is 30.4 Å². The Bertz CT molecular complexity index is 998. The minimum atomic E-state index is -0.290. The summed E-state index contributed by atoms with van der Waals surface area (Å²) in [5, 5.41) is 3.55. The summed E-state index contributed by atoms with van der Waals surface area (Å²) in [5.74, 6) is -0.415. The summed E-state index contributed by atoms with van der Waals surface area (Å²) in [6, 6.07) is 7.93. The third-order valence-corrected chi connectivity index (χ3v) is 7.21. The van der Waals surface area contributed by atoms with E-state index < -0.39 is 0 Å². The van der Waals surface area contributed by atoms with Gasteiger partial charge < -0.3 is 5.32 Å². The quantitative estimate of drug-likeness (QED) is 0.674. The minimum absolute atomic E-state index is 0.0751. The van der Waals surface area contributed by atoms with Gasteiger partial charge in [-0.2, -0.15) is 0 Å². The van der Waals surface area contributed by atoms with E-state index >= 15 is 0 Å². The van der Waals surface area contributed by atoms with Crippen molar-refractivity contribution in [3.8, 4) is 0 Å². The topological polar surface area (TPSA) is 61.8 Å². The molecule has 31 heavy (non-hydrogen) atoms. The second-order valence-electron chi connectivity index (χ2n) is 8.04. The number of likely N-dealkylation sites (tertiary alicyclic amines) is 1. The largest absolute Gasteiger partial charge is 0.351 e. The number of thioether (sulfide) groups is 1. The lowest BCUT2D eigenvalue weighted by atomic mass is 10.0. The third kappa shape index (κ3) is 5.56. The number of aliphatic imine (C=N–C) groups is 1. The van der Waals surface area contributed by atoms with Crippen LogP contribution in [0.5, 0.6) is 0 Å². The van der Waals surface area contributed by atoms with Gasteiger partial charge >= 0.3 is 0 Å². The summed E-state index contributed by atoms with van der Waals surface area (Å²) in [4.78, 5) is 32.4. The standard InChI is InChI=1S/C24H26ClN3O2S/c1-16-5-2-3-11-28(16)12-10-26-23(29)18-8-9-21-20(15-18)27-24(30)22(31-21)14-17-6-4-7-19(25)13-17/h4,6-9,13-16,21H,2-3,5,10-12H2,1H3,(H,26,29)/b22-14+. The molecular weight excluding hydrogens is 430 g/mol. The highest BCUT2D eigenvalue weighted by Crippen LogP contribution is 2.34. The van der Waals surface area contributed by atoms with Gasteiger partial charge in [-0.05, 0) is 56.2 Å². The second kappa shape index (κ2) is 9.98. The highest BCUT2D eigenvalue weighted by Gasteiger charge is 2.28. The zero-order valence-corrected chi connectivity index (χ0v) is 19.1. The Morgan fingerprint density at radius 3 is 3.06 bits per heavy atom. The fourth-order valence-corrected chi connectivity index (χ4v) is 5.25. The van der Waals surface area contributed by atoms with Crippen LogP contribution in [-0.2, 0) is 9.59 Å². The van der Waals surface area contributed by atoms with Crippen LogP contribution < -0.4 is 5.32 Å². The number of fused-ring (bicyclic) bond motifs is 1. The lowest BCUT2D eigenvalue weighted by molar-refractivity contribution is -0.117. The number of hydrogen-bond donors (Lipinski definition) is 1. The van der Waals surface area contributed by atoms with Crippen molar-refractivity contribution in [3.05, 3.63) is 63.6 Å². The number of carbonyl (C=O) groups excluding carboxylic acids is 2. The first kappa shape index (κ1) is 22.1. The van der Waals surface area contributed by atoms with Crippen LogP contribution in [0.4, 0.5) is 0 Å². The molecule has 4 rings (SSSR count). The molecule has 0 aromatic heterocycles. The Kier molecular flexibility index (Phi) is 7.10. The molecule has 1 aromatic rings. The van der Waals surface area contributed by atoms with Gasteiger partial charge in [0, 0.05) is 29.7 Å². The fraction of sp³-hybridized carbons (Fsp3) is 0.375. The first-order valence-corrected chi connectivity index (χ1v) is 11.9. The van der Waals surface area contributed by atoms with E-state index in [9.17, 15) is 9.59 Å². The minimum Gasteiger partial charge on any atom is -0.351 e. The maximum atomic E-state index is 12.6. The van der Waals surface area contributed by atoms with Crippen molar-refractivity contribution in [1.82, 2.24) is 10.2 Å². The number of amides is 2. The molecule has 1 aliphatic carbocycles. The summed E-state index contributed by atoms with van der Waals surface area (Å²) in [5.41, 5.74) is 2.02. The van der Waals surface area contributed by atoms with Crippen LogP contribution in [0.25, 0.3) is 6.08 Å². The van der Waals surface area contributed by atoms with Crippen molar-refractivity contribution in [1.29, 1.82) is 0 Å². The van der Waals surface area contributed by atoms with Crippen molar-refractivity contribution in [2.24, 2.45) is 4.99 Å². The Hall–Kier alpha value is -2.15. The van der Waals surface area contributed by atoms with Crippen LogP contribution in [0, 0.1) is 0 Å². The van der Waals surface area contributed by atoms with E-state index in [0.717, 1.165) is 18.7 Å². The van der Waals surface area contributed by atoms with Gasteiger partial charge in [0.25, 0.3) is 11.8 Å². The highest BCUT2D eigenvalue weighted by molar-refractivity contribution is 8.05. The maximum Gasteiger partial charge on any atom is 0.283 e. The third-order valence-electron chi connectivity index (χ3n) is 5.77. The molecular formula is C24H26ClN3O2S. The van der Waals surface area contributed by atoms with Crippen LogP contribution in [0.15, 0.2) is 58.0 Å². The summed E-state index contributed by atoms with van der Waals surface area (Å²) < 4.78 is 0. The highest BCUT2D eigenvalue weighted by atomic mass is 35.5. The van der Waals surface area contributed by atoms with E-state index in [4.69, 9.17) is 11.6 Å². The van der Waals surface area contributed by atoms with E-state index in [2.05, 4.69) is 22.1 Å². The number of benzene rings is 1. The Morgan fingerprint density at radius 2 is 2.26 bits per heavy atom. The van der Waals surface area contributed by atoms with E-state index in [1.54, 1.807) is 18.2 Å². The SMILES string of the molecule is CC1CCCCN1CCNC(=O)C1=CC2=NC(=O)/C(=C\c3cccc(Cl)c3)SC2C=C1. The van der Waals surface area contributed by atoms with Crippen molar-refractivity contribution in [2.75, 3.05) is 19.6 Å². The lowest BCUT2D eigenvalue weighted by Gasteiger charge is -2.33. The summed E-state index contributed by atoms with van der Waals surface area (Å²) in [6.07, 6.45) is 11.0. The van der Waals surface area contributed by atoms with Gasteiger partial charge in [-0.15, -0.1) is 11.8 Å². The maximum absolute atomic E-state index is 12.6. The molecule has 7 heteroatoms. The molecule has 0 spiro atoms. The summed E-state index contributed by atoms with van der Waals surface area (Å²) in [7, 11) is 0. The van der Waals surface area contributed by atoms with Gasteiger partial charge in [0.2, 0.25) is 0 Å². The van der Waals surface area contributed by atoms with Gasteiger partial charge in [-0.25, -0.2) is 4.99 Å². The zero-order valence-electron chi connectivity index (χ0n) is 17.5. The predicted octanol–water partition coefficient (Wildman–Crippen LogP) is 4.25. The molecule has 162 valence electrons. The van der Waals surface area contributed by atoms with Crippen LogP contribution in [-0.4, -0.2) is 53.4 Å². The molecule has 2 aliphatic heterocycles. The molecule has 2 amide bonds. The molecule has 1 N–H and O–H groups in total. The van der Waals surface area contributed by atoms with Gasteiger partial charge in [0.15, 0.2) is 0 Å². The van der Waals surface area contributed by atoms with Crippen molar-refractivity contribution >= 4 is 47.0 Å². The molecule has 1 fully saturated rings. The molecule has 1 saturated heterocycles. The number of nitrogens with one attached hydrogen (secondary N) is 1. The molecule has 0 bridgehead atoms. The molecule has 5 nitrogen and oxygen atoms in total. The molecule has 0 radical (unpaired) electrons. The Balaban J connectivity index is 1.38. The van der Waals surface area contributed by atoms with E-state index in [-0.39, 0.29) is 17.1 Å². The van der Waals surface area contributed by atoms with E-state index in [1.165, 1.54) is 31.0 Å². The smallest absolute Gasteiger partial charge is 0.283 e. The van der Waals surface area contributed by atoms with Gasteiger partial charge in [0.1, 0.15) is 0 Å². The molecule has 0 saturated carbocycles. The number of allylic oxidation sites excluding steroid dienone is 1. The van der Waals surface area contributed by atoms with Crippen LogP contribution in [0.1, 0.15) is 31.7 Å². The van der Waals surface area contributed by atoms with Crippen molar-refractivity contribution in [3.63, 3.8) is 0 Å². The number of halogens is 1. The molecule has 2 atom stereocenters. The molecule has 2 heterocycles. The zero-order chi connectivity index (χ0) is 21.8. The average molecular weight is 456 g/mol. The van der Waals surface area contributed by atoms with Crippen molar-refractivity contribution < 1.29 is 9.59 Å². The van der Waals surface area contributed by atoms with Crippen LogP contribution in [0.3, 0.4) is 0 Å². The van der Waals surface area contributed by atoms with Gasteiger partial charge in [-0.1, -0.05) is 42.3 Å². The number of carbonyl (C=O) groups is 2. The first-order valence-electron chi connectivity index (χ1n) is 10.7. The van der Waals surface area contributed by atoms with Crippen LogP contribution in [0.2, 0.25) is 5.02 Å². The van der Waals surface area contributed by atoms with E-state index in [0.29, 0.717) is 33.8 Å². The van der Waals surface area contributed by atoms with Gasteiger partial charge in [-0.3, -0.25) is 14.5 Å². The normalized spacial score (nSPS) is 25.1.